The molecule has 18 heavy (non-hydrogen) atoms. The molecule has 2 heterocycles. The molecule has 3 aromatic rings. The Labute approximate surface area is 115 Å². The van der Waals surface area contributed by atoms with E-state index in [1.165, 1.54) is 11.3 Å². The van der Waals surface area contributed by atoms with Crippen molar-refractivity contribution in [1.82, 2.24) is 9.97 Å². The molecule has 0 amide bonds. The second kappa shape index (κ2) is 5.00. The number of benzene rings is 1. The molecule has 5 heteroatoms. The van der Waals surface area contributed by atoms with Gasteiger partial charge in [0, 0.05) is 0 Å². The highest BCUT2D eigenvalue weighted by Gasteiger charge is 2.09. The summed E-state index contributed by atoms with van der Waals surface area (Å²) in [5, 5.41) is 5.24. The van der Waals surface area contributed by atoms with Gasteiger partial charge < -0.3 is 10.3 Å². The number of hydrogen-bond acceptors (Lipinski definition) is 3. The van der Waals surface area contributed by atoms with E-state index in [9.17, 15) is 0 Å². The van der Waals surface area contributed by atoms with Crippen LogP contribution in [0.4, 0.5) is 11.6 Å². The number of aryl methyl sites for hydroxylation is 1. The molecule has 0 bridgehead atoms. The molecule has 0 unspecified atom stereocenters. The number of nitrogens with one attached hydrogen (secondary N) is 2. The van der Waals surface area contributed by atoms with Crippen molar-refractivity contribution in [1.29, 1.82) is 0 Å². The van der Waals surface area contributed by atoms with Crippen LogP contribution in [-0.4, -0.2) is 9.97 Å². The zero-order valence-corrected chi connectivity index (χ0v) is 10.7. The third kappa shape index (κ3) is 2.21. The fourth-order valence-electron chi connectivity index (χ4n) is 1.69. The van der Waals surface area contributed by atoms with Crippen LogP contribution in [0.1, 0.15) is 13.0 Å². The molecule has 0 aliphatic carbocycles. The minimum Gasteiger partial charge on any atom is -0.324 e. The average Bonchev–Trinajstić information content (AvgIpc) is 2.87. The van der Waals surface area contributed by atoms with Crippen LogP contribution in [0, 0.1) is 6.92 Å². The summed E-state index contributed by atoms with van der Waals surface area (Å²) in [6, 6.07) is 7.91. The molecule has 2 aromatic heterocycles. The number of nitrogens with zero attached hydrogens (tertiary/aromatic N) is 1. The lowest BCUT2D eigenvalue weighted by atomic mass is 10.3. The molecule has 0 atom stereocenters. The monoisotopic (exact) mass is 279 g/mol. The number of para-hydroxylation sites is 2. The molecule has 94 valence electrons. The van der Waals surface area contributed by atoms with Gasteiger partial charge in [0.2, 0.25) is 5.95 Å². The maximum absolute atomic E-state index is 6.11. The summed E-state index contributed by atoms with van der Waals surface area (Å²) in [6.45, 7) is 2.02. The Balaban J connectivity index is 0.00000120. The molecule has 0 saturated carbocycles. The van der Waals surface area contributed by atoms with E-state index in [-0.39, 0.29) is 7.43 Å². The number of thiophene rings is 1. The number of rotatable bonds is 2. The van der Waals surface area contributed by atoms with Gasteiger partial charge in [0.05, 0.1) is 16.7 Å². The Morgan fingerprint density at radius 1 is 1.33 bits per heavy atom. The van der Waals surface area contributed by atoms with Gasteiger partial charge in [0.15, 0.2) is 0 Å². The predicted molar refractivity (Wildman–Crippen MR) is 80.2 cm³/mol. The van der Waals surface area contributed by atoms with Gasteiger partial charge in [-0.05, 0) is 30.0 Å². The highest BCUT2D eigenvalue weighted by molar-refractivity contribution is 7.15. The molecule has 0 radical (unpaired) electrons. The fourth-order valence-corrected chi connectivity index (χ4v) is 2.75. The Kier molecular flexibility index (Phi) is 3.59. The van der Waals surface area contributed by atoms with Crippen LogP contribution in [0.25, 0.3) is 11.0 Å². The highest BCUT2D eigenvalue weighted by Crippen LogP contribution is 2.34. The number of hydrogen-bond donors (Lipinski definition) is 2. The Hall–Kier alpha value is -1.52. The van der Waals surface area contributed by atoms with Gasteiger partial charge in [-0.15, -0.1) is 11.3 Å². The number of halogens is 1. The van der Waals surface area contributed by atoms with Crippen LogP contribution in [0.2, 0.25) is 4.34 Å². The molecule has 0 saturated heterocycles. The largest absolute Gasteiger partial charge is 0.324 e. The van der Waals surface area contributed by atoms with Crippen molar-refractivity contribution < 1.29 is 0 Å². The van der Waals surface area contributed by atoms with E-state index in [0.29, 0.717) is 0 Å². The van der Waals surface area contributed by atoms with Crippen molar-refractivity contribution in [2.75, 3.05) is 5.32 Å². The summed E-state index contributed by atoms with van der Waals surface area (Å²) >= 11 is 7.63. The van der Waals surface area contributed by atoms with Crippen LogP contribution >= 0.6 is 22.9 Å². The first-order chi connectivity index (χ1) is 8.24. The van der Waals surface area contributed by atoms with Gasteiger partial charge in [0.25, 0.3) is 0 Å². The SMILES string of the molecule is C.Cc1csc(Cl)c1Nc1nc2ccccc2[nH]1. The quantitative estimate of drug-likeness (QED) is 0.695. The first-order valence-corrected chi connectivity index (χ1v) is 6.45. The van der Waals surface area contributed by atoms with Crippen LogP contribution < -0.4 is 5.32 Å². The lowest BCUT2D eigenvalue weighted by molar-refractivity contribution is 1.30. The van der Waals surface area contributed by atoms with Crippen molar-refractivity contribution >= 4 is 45.6 Å². The highest BCUT2D eigenvalue weighted by atomic mass is 35.5. The first-order valence-electron chi connectivity index (χ1n) is 5.19. The van der Waals surface area contributed by atoms with E-state index in [0.717, 1.165) is 32.6 Å². The van der Waals surface area contributed by atoms with Gasteiger partial charge in [-0.25, -0.2) is 4.98 Å². The summed E-state index contributed by atoms with van der Waals surface area (Å²) in [6.07, 6.45) is 0. The topological polar surface area (TPSA) is 40.7 Å². The number of fused-ring (bicyclic) bond motifs is 1. The third-order valence-electron chi connectivity index (χ3n) is 2.56. The molecular weight excluding hydrogens is 266 g/mol. The van der Waals surface area contributed by atoms with Crippen LogP contribution in [0.3, 0.4) is 0 Å². The number of anilines is 2. The van der Waals surface area contributed by atoms with Crippen molar-refractivity contribution in [3.05, 3.63) is 39.5 Å². The Morgan fingerprint density at radius 3 is 2.78 bits per heavy atom. The van der Waals surface area contributed by atoms with Crippen molar-refractivity contribution in [3.8, 4) is 0 Å². The molecule has 3 nitrogen and oxygen atoms in total. The van der Waals surface area contributed by atoms with E-state index in [4.69, 9.17) is 11.6 Å². The molecule has 0 spiro atoms. The number of aromatic amines is 1. The molecule has 2 N–H and O–H groups in total. The van der Waals surface area contributed by atoms with Gasteiger partial charge in [-0.2, -0.15) is 0 Å². The lowest BCUT2D eigenvalue weighted by Gasteiger charge is -2.01. The Bertz CT molecular complexity index is 619. The summed E-state index contributed by atoms with van der Waals surface area (Å²) in [4.78, 5) is 7.66. The van der Waals surface area contributed by atoms with E-state index in [1.807, 2.05) is 36.6 Å². The summed E-state index contributed by atoms with van der Waals surface area (Å²) < 4.78 is 0.753. The van der Waals surface area contributed by atoms with Gasteiger partial charge >= 0.3 is 0 Å². The third-order valence-corrected chi connectivity index (χ3v) is 3.90. The smallest absolute Gasteiger partial charge is 0.205 e. The maximum atomic E-state index is 6.11. The summed E-state index contributed by atoms with van der Waals surface area (Å²) in [5.41, 5.74) is 4.01. The van der Waals surface area contributed by atoms with Crippen LogP contribution in [-0.2, 0) is 0 Å². The Morgan fingerprint density at radius 2 is 2.11 bits per heavy atom. The maximum Gasteiger partial charge on any atom is 0.205 e. The van der Waals surface area contributed by atoms with Gasteiger partial charge in [0.1, 0.15) is 4.34 Å². The molecule has 0 aliphatic heterocycles. The molecule has 1 aromatic carbocycles. The van der Waals surface area contributed by atoms with Crippen molar-refractivity contribution in [2.24, 2.45) is 0 Å². The molecule has 0 fully saturated rings. The van der Waals surface area contributed by atoms with E-state index in [2.05, 4.69) is 15.3 Å². The standard InChI is InChI=1S/C12H10ClN3S.CH4/c1-7-6-17-11(13)10(7)16-12-14-8-4-2-3-5-9(8)15-12;/h2-6H,1H3,(H2,14,15,16);1H4. The number of H-pyrrole nitrogens is 1. The second-order valence-corrected chi connectivity index (χ2v) is 5.28. The zero-order chi connectivity index (χ0) is 11.8. The number of imidazole rings is 1. The normalized spacial score (nSPS) is 10.3. The minimum atomic E-state index is 0. The summed E-state index contributed by atoms with van der Waals surface area (Å²) in [5.74, 6) is 0.717. The zero-order valence-electron chi connectivity index (χ0n) is 9.12. The summed E-state index contributed by atoms with van der Waals surface area (Å²) in [7, 11) is 0. The number of aromatic nitrogens is 2. The minimum absolute atomic E-state index is 0. The van der Waals surface area contributed by atoms with Gasteiger partial charge in [-0.1, -0.05) is 31.2 Å². The average molecular weight is 280 g/mol. The molecule has 3 rings (SSSR count). The second-order valence-electron chi connectivity index (χ2n) is 3.79. The van der Waals surface area contributed by atoms with E-state index < -0.39 is 0 Å². The molecular formula is C13H14ClN3S. The van der Waals surface area contributed by atoms with Crippen LogP contribution in [0.5, 0.6) is 0 Å². The lowest BCUT2D eigenvalue weighted by Crippen LogP contribution is -1.92. The van der Waals surface area contributed by atoms with E-state index >= 15 is 0 Å². The van der Waals surface area contributed by atoms with Crippen molar-refractivity contribution in [2.45, 2.75) is 14.4 Å². The van der Waals surface area contributed by atoms with E-state index in [1.54, 1.807) is 0 Å². The first kappa shape index (κ1) is 12.9. The van der Waals surface area contributed by atoms with Crippen LogP contribution in [0.15, 0.2) is 29.6 Å². The van der Waals surface area contributed by atoms with Gasteiger partial charge in [-0.3, -0.25) is 0 Å². The molecule has 0 aliphatic rings. The van der Waals surface area contributed by atoms with Crippen molar-refractivity contribution in [3.63, 3.8) is 0 Å². The fraction of sp³-hybridized carbons (Fsp3) is 0.154. The predicted octanol–water partition coefficient (Wildman–Crippen LogP) is 4.97.